The molecule has 0 atom stereocenters. The van der Waals surface area contributed by atoms with Crippen molar-refractivity contribution in [2.75, 3.05) is 6.61 Å². The summed E-state index contributed by atoms with van der Waals surface area (Å²) in [5.41, 5.74) is 0.951. The molecule has 1 aromatic carbocycles. The minimum Gasteiger partial charge on any atom is -0.434 e. The molecule has 1 aliphatic rings. The van der Waals surface area contributed by atoms with Gasteiger partial charge in [-0.2, -0.15) is 0 Å². The van der Waals surface area contributed by atoms with E-state index in [0.29, 0.717) is 11.6 Å². The lowest BCUT2D eigenvalue weighted by Gasteiger charge is -2.03. The van der Waals surface area contributed by atoms with Crippen LogP contribution in [0.15, 0.2) is 52.5 Å². The fourth-order valence-electron chi connectivity index (χ4n) is 1.95. The van der Waals surface area contributed by atoms with E-state index >= 15 is 0 Å². The topological polar surface area (TPSA) is 74.2 Å². The molecule has 0 bridgehead atoms. The second kappa shape index (κ2) is 7.10. The van der Waals surface area contributed by atoms with Gasteiger partial charge in [0, 0.05) is 0 Å². The number of rotatable bonds is 4. The summed E-state index contributed by atoms with van der Waals surface area (Å²) in [5, 5.41) is 1.88. The zero-order valence-electron chi connectivity index (χ0n) is 12.7. The maximum atomic E-state index is 11.9. The van der Waals surface area contributed by atoms with Crippen LogP contribution in [0.3, 0.4) is 0 Å². The third-order valence-corrected chi connectivity index (χ3v) is 3.86. The van der Waals surface area contributed by atoms with Crippen LogP contribution < -0.4 is 4.74 Å². The van der Waals surface area contributed by atoms with Crippen LogP contribution >= 0.6 is 11.3 Å². The lowest BCUT2D eigenvalue weighted by Crippen LogP contribution is -2.09. The second-order valence-corrected chi connectivity index (χ2v) is 5.62. The molecule has 0 amide bonds. The van der Waals surface area contributed by atoms with Gasteiger partial charge in [-0.1, -0.05) is 18.2 Å². The molecule has 2 heterocycles. The summed E-state index contributed by atoms with van der Waals surface area (Å²) in [6.07, 6.45) is 0.852. The summed E-state index contributed by atoms with van der Waals surface area (Å²) in [6, 6.07) is 10.3. The van der Waals surface area contributed by atoms with Gasteiger partial charge in [-0.05, 0) is 42.1 Å². The van der Waals surface area contributed by atoms with E-state index in [-0.39, 0.29) is 12.3 Å². The van der Waals surface area contributed by atoms with Crippen molar-refractivity contribution in [3.05, 3.63) is 57.9 Å². The number of thiophene rings is 1. The number of ether oxygens (including phenoxy) is 3. The summed E-state index contributed by atoms with van der Waals surface area (Å²) in [7, 11) is 0. The van der Waals surface area contributed by atoms with Gasteiger partial charge >= 0.3 is 12.1 Å². The van der Waals surface area contributed by atoms with Gasteiger partial charge in [0.1, 0.15) is 5.75 Å². The van der Waals surface area contributed by atoms with Gasteiger partial charge in [0.25, 0.3) is 0 Å². The van der Waals surface area contributed by atoms with Crippen LogP contribution in [0, 0.1) is 0 Å². The maximum Gasteiger partial charge on any atom is 0.513 e. The Balaban J connectivity index is 1.74. The van der Waals surface area contributed by atoms with Gasteiger partial charge in [-0.3, -0.25) is 0 Å². The Kier molecular flexibility index (Phi) is 4.72. The number of nitrogens with zero attached hydrogens (tertiary/aromatic N) is 1. The molecule has 0 saturated heterocycles. The largest absolute Gasteiger partial charge is 0.513 e. The van der Waals surface area contributed by atoms with Crippen LogP contribution in [0.4, 0.5) is 4.79 Å². The van der Waals surface area contributed by atoms with E-state index in [0.717, 1.165) is 10.4 Å². The molecule has 0 spiro atoms. The van der Waals surface area contributed by atoms with Gasteiger partial charge in [-0.15, -0.1) is 11.3 Å². The van der Waals surface area contributed by atoms with Gasteiger partial charge < -0.3 is 14.2 Å². The number of cyclic esters (lactones) is 1. The first kappa shape index (κ1) is 15.9. The molecule has 0 fully saturated rings. The monoisotopic (exact) mass is 343 g/mol. The van der Waals surface area contributed by atoms with E-state index in [1.165, 1.54) is 11.3 Å². The van der Waals surface area contributed by atoms with Crippen molar-refractivity contribution in [2.45, 2.75) is 6.92 Å². The molecule has 122 valence electrons. The van der Waals surface area contributed by atoms with Crippen molar-refractivity contribution in [1.29, 1.82) is 0 Å². The van der Waals surface area contributed by atoms with E-state index < -0.39 is 12.1 Å². The van der Waals surface area contributed by atoms with Crippen LogP contribution in [0.5, 0.6) is 5.75 Å². The van der Waals surface area contributed by atoms with Gasteiger partial charge in [0.2, 0.25) is 5.90 Å². The van der Waals surface area contributed by atoms with Crippen LogP contribution in [0.1, 0.15) is 17.4 Å². The Hall–Kier alpha value is -2.93. The van der Waals surface area contributed by atoms with Crippen molar-refractivity contribution < 1.29 is 23.8 Å². The Morgan fingerprint density at radius 2 is 2.08 bits per heavy atom. The molecule has 0 N–H and O–H groups in total. The van der Waals surface area contributed by atoms with E-state index in [1.807, 2.05) is 17.5 Å². The summed E-state index contributed by atoms with van der Waals surface area (Å²) in [4.78, 5) is 28.1. The molecular weight excluding hydrogens is 330 g/mol. The molecule has 0 radical (unpaired) electrons. The Morgan fingerprint density at radius 1 is 1.29 bits per heavy atom. The van der Waals surface area contributed by atoms with E-state index in [4.69, 9.17) is 14.2 Å². The summed E-state index contributed by atoms with van der Waals surface area (Å²) < 4.78 is 14.8. The van der Waals surface area contributed by atoms with Crippen molar-refractivity contribution >= 4 is 35.4 Å². The van der Waals surface area contributed by atoms with Crippen LogP contribution in [0.25, 0.3) is 6.08 Å². The quantitative estimate of drug-likeness (QED) is 0.481. The first-order valence-electron chi connectivity index (χ1n) is 7.17. The van der Waals surface area contributed by atoms with Crippen molar-refractivity contribution in [3.63, 3.8) is 0 Å². The van der Waals surface area contributed by atoms with Crippen LogP contribution in [0.2, 0.25) is 0 Å². The smallest absolute Gasteiger partial charge is 0.434 e. The van der Waals surface area contributed by atoms with Crippen molar-refractivity contribution in [1.82, 2.24) is 0 Å². The molecule has 24 heavy (non-hydrogen) atoms. The highest BCUT2D eigenvalue weighted by atomic mass is 32.1. The minimum atomic E-state index is -0.756. The highest BCUT2D eigenvalue weighted by Gasteiger charge is 2.24. The van der Waals surface area contributed by atoms with Crippen LogP contribution in [-0.4, -0.2) is 24.6 Å². The predicted molar refractivity (Wildman–Crippen MR) is 89.0 cm³/mol. The number of benzene rings is 1. The predicted octanol–water partition coefficient (Wildman–Crippen LogP) is 3.63. The normalized spacial score (nSPS) is 15.1. The third kappa shape index (κ3) is 3.69. The summed E-state index contributed by atoms with van der Waals surface area (Å²) in [5.74, 6) is 0.168. The average molecular weight is 343 g/mol. The highest BCUT2D eigenvalue weighted by Crippen LogP contribution is 2.22. The summed E-state index contributed by atoms with van der Waals surface area (Å²) in [6.45, 7) is 1.94. The first-order chi connectivity index (χ1) is 11.7. The Bertz CT molecular complexity index is 806. The van der Waals surface area contributed by atoms with E-state index in [9.17, 15) is 9.59 Å². The molecule has 6 nitrogen and oxygen atoms in total. The Morgan fingerprint density at radius 3 is 2.75 bits per heavy atom. The molecule has 0 unspecified atom stereocenters. The van der Waals surface area contributed by atoms with Gasteiger partial charge in [0.15, 0.2) is 5.70 Å². The zero-order chi connectivity index (χ0) is 16.9. The molecule has 0 aliphatic carbocycles. The molecule has 7 heteroatoms. The number of esters is 1. The average Bonchev–Trinajstić information content (AvgIpc) is 3.20. The fraction of sp³-hybridized carbons (Fsp3) is 0.118. The first-order valence-corrected chi connectivity index (χ1v) is 8.05. The van der Waals surface area contributed by atoms with Gasteiger partial charge in [0.05, 0.1) is 11.5 Å². The lowest BCUT2D eigenvalue weighted by molar-refractivity contribution is -0.129. The van der Waals surface area contributed by atoms with E-state index in [2.05, 4.69) is 4.99 Å². The molecular formula is C17H13NO5S. The van der Waals surface area contributed by atoms with Crippen molar-refractivity contribution in [2.24, 2.45) is 4.99 Å². The molecule has 3 rings (SSSR count). The number of hydrogen-bond acceptors (Lipinski definition) is 7. The zero-order valence-corrected chi connectivity index (χ0v) is 13.5. The number of carbonyl (C=O) groups excluding carboxylic acids is 2. The maximum absolute atomic E-state index is 11.9. The fourth-order valence-corrected chi connectivity index (χ4v) is 2.60. The van der Waals surface area contributed by atoms with E-state index in [1.54, 1.807) is 37.3 Å². The molecule has 1 aliphatic heterocycles. The number of hydrogen-bond donors (Lipinski definition) is 0. The van der Waals surface area contributed by atoms with Gasteiger partial charge in [-0.25, -0.2) is 14.6 Å². The standard InChI is InChI=1S/C17H13NO5S/c1-2-21-17(20)22-12-7-5-11(6-8-12)10-13-16(19)23-15(18-13)14-4-3-9-24-14/h3-10H,2H2,1H3/b13-10+. The summed E-state index contributed by atoms with van der Waals surface area (Å²) >= 11 is 1.45. The Labute approximate surface area is 142 Å². The molecule has 2 aromatic rings. The van der Waals surface area contributed by atoms with Crippen molar-refractivity contribution in [3.8, 4) is 5.75 Å². The minimum absolute atomic E-state index is 0.220. The number of aliphatic imine (C=N–C) groups is 1. The highest BCUT2D eigenvalue weighted by molar-refractivity contribution is 7.12. The van der Waals surface area contributed by atoms with Crippen LogP contribution in [-0.2, 0) is 14.3 Å². The number of carbonyl (C=O) groups is 2. The molecule has 0 saturated carbocycles. The third-order valence-electron chi connectivity index (χ3n) is 3.00. The second-order valence-electron chi connectivity index (χ2n) is 4.67. The lowest BCUT2D eigenvalue weighted by atomic mass is 10.2. The molecule has 1 aromatic heterocycles. The SMILES string of the molecule is CCOC(=O)Oc1ccc(/C=C2/N=C(c3cccs3)OC2=O)cc1.